The minimum atomic E-state index is -3.53. The summed E-state index contributed by atoms with van der Waals surface area (Å²) in [6.45, 7) is 7.67. The molecule has 3 N–H and O–H groups in total. The maximum absolute atomic E-state index is 12.1. The molecule has 7 nitrogen and oxygen atoms in total. The predicted octanol–water partition coefficient (Wildman–Crippen LogP) is 2.29. The molecule has 29 heavy (non-hydrogen) atoms. The molecule has 156 valence electrons. The van der Waals surface area contributed by atoms with Crippen LogP contribution >= 0.6 is 0 Å². The highest BCUT2D eigenvalue weighted by Crippen LogP contribution is 2.14. The van der Waals surface area contributed by atoms with E-state index in [1.807, 2.05) is 26.0 Å². The molecule has 0 aliphatic heterocycles. The maximum Gasteiger partial charge on any atom is 0.313 e. The van der Waals surface area contributed by atoms with Gasteiger partial charge >= 0.3 is 11.8 Å². The van der Waals surface area contributed by atoms with Gasteiger partial charge in [0.2, 0.25) is 10.0 Å². The molecule has 0 bridgehead atoms. The normalized spacial score (nSPS) is 11.3. The van der Waals surface area contributed by atoms with Crippen LogP contribution < -0.4 is 15.4 Å². The van der Waals surface area contributed by atoms with Gasteiger partial charge in [0.05, 0.1) is 4.90 Å². The Morgan fingerprint density at radius 3 is 2.17 bits per heavy atom. The molecule has 0 aliphatic carbocycles. The van der Waals surface area contributed by atoms with E-state index in [0.717, 1.165) is 16.7 Å². The number of hydrogen-bond acceptors (Lipinski definition) is 4. The lowest BCUT2D eigenvalue weighted by atomic mass is 10.1. The number of hydrogen-bond donors (Lipinski definition) is 3. The predicted molar refractivity (Wildman–Crippen MR) is 113 cm³/mol. The highest BCUT2D eigenvalue weighted by molar-refractivity contribution is 7.89. The lowest BCUT2D eigenvalue weighted by molar-refractivity contribution is -0.136. The van der Waals surface area contributed by atoms with Gasteiger partial charge in [-0.15, -0.1) is 0 Å². The Kier molecular flexibility index (Phi) is 7.53. The van der Waals surface area contributed by atoms with Gasteiger partial charge in [-0.3, -0.25) is 9.59 Å². The van der Waals surface area contributed by atoms with Crippen LogP contribution in [-0.2, 0) is 26.0 Å². The minimum absolute atomic E-state index is 0.187. The highest BCUT2D eigenvalue weighted by atomic mass is 32.2. The topological polar surface area (TPSA) is 104 Å². The molecule has 0 aromatic heterocycles. The van der Waals surface area contributed by atoms with Gasteiger partial charge in [-0.05, 0) is 75.1 Å². The number of amides is 2. The van der Waals surface area contributed by atoms with Crippen LogP contribution in [0.5, 0.6) is 0 Å². The second-order valence-corrected chi connectivity index (χ2v) is 8.89. The molecule has 0 heterocycles. The van der Waals surface area contributed by atoms with E-state index >= 15 is 0 Å². The molecule has 0 unspecified atom stereocenters. The highest BCUT2D eigenvalue weighted by Gasteiger charge is 2.15. The number of carbonyl (C=O) groups excluding carboxylic acids is 2. The van der Waals surface area contributed by atoms with Crippen molar-refractivity contribution in [2.75, 3.05) is 11.9 Å². The second kappa shape index (κ2) is 9.67. The fourth-order valence-electron chi connectivity index (χ4n) is 2.62. The van der Waals surface area contributed by atoms with E-state index in [1.165, 1.54) is 12.1 Å². The van der Waals surface area contributed by atoms with E-state index in [1.54, 1.807) is 32.0 Å². The molecule has 0 aliphatic rings. The first-order chi connectivity index (χ1) is 13.6. The van der Waals surface area contributed by atoms with Crippen molar-refractivity contribution < 1.29 is 18.0 Å². The quantitative estimate of drug-likeness (QED) is 0.601. The SMILES string of the molecule is Cc1ccc(NC(=O)C(=O)NCCc2ccc(S(=O)(=O)NC(C)C)cc2)cc1C. The molecule has 0 spiro atoms. The summed E-state index contributed by atoms with van der Waals surface area (Å²) < 4.78 is 26.7. The van der Waals surface area contributed by atoms with E-state index in [0.29, 0.717) is 12.1 Å². The standard InChI is InChI=1S/C21H27N3O4S/c1-14(2)24-29(27,28)19-9-6-17(7-10-19)11-12-22-20(25)21(26)23-18-8-5-15(3)16(4)13-18/h5-10,13-14,24H,11-12H2,1-4H3,(H,22,25)(H,23,26). The molecular formula is C21H27N3O4S. The van der Waals surface area contributed by atoms with Crippen molar-refractivity contribution in [1.82, 2.24) is 10.0 Å². The van der Waals surface area contributed by atoms with E-state index in [9.17, 15) is 18.0 Å². The van der Waals surface area contributed by atoms with Gasteiger partial charge in [-0.1, -0.05) is 18.2 Å². The molecule has 0 saturated carbocycles. The van der Waals surface area contributed by atoms with Crippen LogP contribution in [0.2, 0.25) is 0 Å². The molecular weight excluding hydrogens is 390 g/mol. The van der Waals surface area contributed by atoms with Crippen LogP contribution in [0.15, 0.2) is 47.4 Å². The van der Waals surface area contributed by atoms with Crippen LogP contribution in [0.3, 0.4) is 0 Å². The van der Waals surface area contributed by atoms with Crippen molar-refractivity contribution in [1.29, 1.82) is 0 Å². The van der Waals surface area contributed by atoms with Gasteiger partial charge in [0, 0.05) is 18.3 Å². The number of sulfonamides is 1. The Labute approximate surface area is 172 Å². The maximum atomic E-state index is 12.1. The molecule has 2 aromatic rings. The number of carbonyl (C=O) groups is 2. The van der Waals surface area contributed by atoms with Gasteiger partial charge in [-0.2, -0.15) is 0 Å². The molecule has 2 rings (SSSR count). The van der Waals surface area contributed by atoms with Crippen LogP contribution in [0.1, 0.15) is 30.5 Å². The van der Waals surface area contributed by atoms with Gasteiger partial charge in [0.1, 0.15) is 0 Å². The third-order valence-electron chi connectivity index (χ3n) is 4.29. The Hall–Kier alpha value is -2.71. The number of nitrogens with one attached hydrogen (secondary N) is 3. The zero-order valence-corrected chi connectivity index (χ0v) is 17.9. The van der Waals surface area contributed by atoms with E-state index < -0.39 is 21.8 Å². The average molecular weight is 418 g/mol. The Balaban J connectivity index is 1.85. The summed E-state index contributed by atoms with van der Waals surface area (Å²) in [4.78, 5) is 24.2. The van der Waals surface area contributed by atoms with Crippen LogP contribution in [0.4, 0.5) is 5.69 Å². The summed E-state index contributed by atoms with van der Waals surface area (Å²) in [5.41, 5.74) is 3.55. The Bertz CT molecular complexity index is 983. The summed E-state index contributed by atoms with van der Waals surface area (Å²) in [6.07, 6.45) is 0.473. The summed E-state index contributed by atoms with van der Waals surface area (Å²) in [5, 5.41) is 5.14. The van der Waals surface area contributed by atoms with Crippen molar-refractivity contribution in [3.05, 3.63) is 59.2 Å². The van der Waals surface area contributed by atoms with Crippen molar-refractivity contribution in [3.8, 4) is 0 Å². The molecule has 0 saturated heterocycles. The summed E-state index contributed by atoms with van der Waals surface area (Å²) in [7, 11) is -3.53. The average Bonchev–Trinajstić information content (AvgIpc) is 2.64. The van der Waals surface area contributed by atoms with Crippen molar-refractivity contribution in [2.24, 2.45) is 0 Å². The van der Waals surface area contributed by atoms with Crippen LogP contribution in [0, 0.1) is 13.8 Å². The zero-order valence-electron chi connectivity index (χ0n) is 17.1. The van der Waals surface area contributed by atoms with Crippen molar-refractivity contribution >= 4 is 27.5 Å². The second-order valence-electron chi connectivity index (χ2n) is 7.18. The van der Waals surface area contributed by atoms with E-state index in [4.69, 9.17) is 0 Å². The van der Waals surface area contributed by atoms with Crippen molar-refractivity contribution in [2.45, 2.75) is 45.1 Å². The number of anilines is 1. The fraction of sp³-hybridized carbons (Fsp3) is 0.333. The van der Waals surface area contributed by atoms with E-state index in [2.05, 4.69) is 15.4 Å². The van der Waals surface area contributed by atoms with Crippen molar-refractivity contribution in [3.63, 3.8) is 0 Å². The first-order valence-corrected chi connectivity index (χ1v) is 10.8. The summed E-state index contributed by atoms with van der Waals surface area (Å²) in [6, 6.07) is 11.7. The molecule has 0 fully saturated rings. The molecule has 2 amide bonds. The lowest BCUT2D eigenvalue weighted by Crippen LogP contribution is -2.36. The number of aryl methyl sites for hydroxylation is 2. The Morgan fingerprint density at radius 1 is 0.931 bits per heavy atom. The largest absolute Gasteiger partial charge is 0.347 e. The van der Waals surface area contributed by atoms with Gasteiger partial charge < -0.3 is 10.6 Å². The number of benzene rings is 2. The van der Waals surface area contributed by atoms with Crippen LogP contribution in [0.25, 0.3) is 0 Å². The van der Waals surface area contributed by atoms with Gasteiger partial charge in [-0.25, -0.2) is 13.1 Å². The van der Waals surface area contributed by atoms with Crippen LogP contribution in [-0.4, -0.2) is 32.8 Å². The molecule has 0 radical (unpaired) electrons. The summed E-state index contributed by atoms with van der Waals surface area (Å²) >= 11 is 0. The fourth-order valence-corrected chi connectivity index (χ4v) is 3.87. The first kappa shape index (κ1) is 22.6. The molecule has 0 atom stereocenters. The third-order valence-corrected chi connectivity index (χ3v) is 5.97. The Morgan fingerprint density at radius 2 is 1.59 bits per heavy atom. The smallest absolute Gasteiger partial charge is 0.313 e. The molecule has 2 aromatic carbocycles. The summed E-state index contributed by atoms with van der Waals surface area (Å²) in [5.74, 6) is -1.45. The van der Waals surface area contributed by atoms with Gasteiger partial charge in [0.25, 0.3) is 0 Å². The minimum Gasteiger partial charge on any atom is -0.347 e. The lowest BCUT2D eigenvalue weighted by Gasteiger charge is -2.10. The third kappa shape index (κ3) is 6.69. The monoisotopic (exact) mass is 417 g/mol. The zero-order chi connectivity index (χ0) is 21.6. The van der Waals surface area contributed by atoms with E-state index in [-0.39, 0.29) is 17.5 Å². The number of rotatable bonds is 7. The molecule has 8 heteroatoms. The van der Waals surface area contributed by atoms with Gasteiger partial charge in [0.15, 0.2) is 0 Å². The first-order valence-electron chi connectivity index (χ1n) is 9.36.